The minimum absolute atomic E-state index is 0.273. The first kappa shape index (κ1) is 15.7. The Labute approximate surface area is 138 Å². The predicted molar refractivity (Wildman–Crippen MR) is 89.2 cm³/mol. The van der Waals surface area contributed by atoms with Gasteiger partial charge in [0.05, 0.1) is 17.0 Å². The minimum Gasteiger partial charge on any atom is -0.494 e. The molecule has 2 aromatic rings. The lowest BCUT2D eigenvalue weighted by molar-refractivity contribution is 0.337. The maximum Gasteiger partial charge on any atom is 0.124 e. The third-order valence-corrected chi connectivity index (χ3v) is 4.68. The third kappa shape index (κ3) is 3.49. The summed E-state index contributed by atoms with van der Waals surface area (Å²) in [7, 11) is 0. The Morgan fingerprint density at radius 3 is 2.60 bits per heavy atom. The molecular weight excluding hydrogens is 359 g/mol. The Hall–Kier alpha value is -0.700. The monoisotopic (exact) mass is 372 g/mol. The molecule has 1 nitrogen and oxygen atoms in total. The van der Waals surface area contributed by atoms with Gasteiger partial charge in [-0.3, -0.25) is 0 Å². The Kier molecular flexibility index (Phi) is 5.36. The second kappa shape index (κ2) is 6.84. The molecular formula is C16H15BrCl2O. The molecule has 0 aliphatic rings. The number of alkyl halides is 1. The van der Waals surface area contributed by atoms with Crippen LogP contribution in [0.2, 0.25) is 5.02 Å². The molecule has 2 rings (SSSR count). The molecule has 0 N–H and O–H groups in total. The molecule has 0 saturated heterocycles. The molecule has 0 spiro atoms. The lowest BCUT2D eigenvalue weighted by Gasteiger charge is -2.16. The average Bonchev–Trinajstić information content (AvgIpc) is 2.43. The molecule has 0 radical (unpaired) electrons. The van der Waals surface area contributed by atoms with Crippen molar-refractivity contribution in [3.63, 3.8) is 0 Å². The van der Waals surface area contributed by atoms with E-state index in [9.17, 15) is 0 Å². The largest absolute Gasteiger partial charge is 0.494 e. The van der Waals surface area contributed by atoms with Crippen LogP contribution in [0.25, 0.3) is 0 Å². The summed E-state index contributed by atoms with van der Waals surface area (Å²) < 4.78 is 6.51. The smallest absolute Gasteiger partial charge is 0.124 e. The van der Waals surface area contributed by atoms with Crippen molar-refractivity contribution in [1.29, 1.82) is 0 Å². The summed E-state index contributed by atoms with van der Waals surface area (Å²) in [5.41, 5.74) is 3.11. The van der Waals surface area contributed by atoms with E-state index in [0.29, 0.717) is 11.6 Å². The topological polar surface area (TPSA) is 9.23 Å². The molecule has 106 valence electrons. The van der Waals surface area contributed by atoms with E-state index in [-0.39, 0.29) is 5.38 Å². The number of ether oxygens (including phenoxy) is 1. The number of benzene rings is 2. The predicted octanol–water partition coefficient (Wildman–Crippen LogP) is 6.14. The van der Waals surface area contributed by atoms with Gasteiger partial charge in [-0.05, 0) is 53.5 Å². The summed E-state index contributed by atoms with van der Waals surface area (Å²) in [6.45, 7) is 4.62. The first-order valence-electron chi connectivity index (χ1n) is 6.35. The average molecular weight is 374 g/mol. The van der Waals surface area contributed by atoms with E-state index in [2.05, 4.69) is 22.0 Å². The first-order valence-corrected chi connectivity index (χ1v) is 7.96. The van der Waals surface area contributed by atoms with Crippen molar-refractivity contribution < 1.29 is 4.74 Å². The molecule has 0 aliphatic heterocycles. The van der Waals surface area contributed by atoms with Crippen molar-refractivity contribution in [2.45, 2.75) is 19.2 Å². The number of hydrogen-bond acceptors (Lipinski definition) is 1. The Balaban J connectivity index is 2.43. The number of hydrogen-bond donors (Lipinski definition) is 0. The van der Waals surface area contributed by atoms with Crippen molar-refractivity contribution in [2.24, 2.45) is 0 Å². The van der Waals surface area contributed by atoms with Crippen molar-refractivity contribution in [2.75, 3.05) is 6.61 Å². The zero-order chi connectivity index (χ0) is 14.7. The lowest BCUT2D eigenvalue weighted by Crippen LogP contribution is -2.01. The van der Waals surface area contributed by atoms with Crippen LogP contribution in [0.3, 0.4) is 0 Å². The zero-order valence-electron chi connectivity index (χ0n) is 11.3. The van der Waals surface area contributed by atoms with Crippen LogP contribution in [-0.4, -0.2) is 6.61 Å². The van der Waals surface area contributed by atoms with Gasteiger partial charge in [0.15, 0.2) is 0 Å². The molecule has 20 heavy (non-hydrogen) atoms. The van der Waals surface area contributed by atoms with Crippen LogP contribution in [0.5, 0.6) is 5.75 Å². The molecule has 1 unspecified atom stereocenters. The molecule has 0 aliphatic carbocycles. The highest BCUT2D eigenvalue weighted by Gasteiger charge is 2.17. The highest BCUT2D eigenvalue weighted by atomic mass is 79.9. The third-order valence-electron chi connectivity index (χ3n) is 2.97. The van der Waals surface area contributed by atoms with Gasteiger partial charge in [0, 0.05) is 10.0 Å². The summed E-state index contributed by atoms with van der Waals surface area (Å²) in [6, 6.07) is 11.8. The van der Waals surface area contributed by atoms with Gasteiger partial charge in [0.25, 0.3) is 0 Å². The van der Waals surface area contributed by atoms with Crippen LogP contribution >= 0.6 is 39.1 Å². The fourth-order valence-electron chi connectivity index (χ4n) is 2.00. The van der Waals surface area contributed by atoms with Gasteiger partial charge >= 0.3 is 0 Å². The molecule has 0 saturated carbocycles. The second-order valence-electron chi connectivity index (χ2n) is 4.51. The van der Waals surface area contributed by atoms with Gasteiger partial charge < -0.3 is 4.74 Å². The Morgan fingerprint density at radius 2 is 1.95 bits per heavy atom. The Bertz CT molecular complexity index is 613. The number of rotatable bonds is 4. The zero-order valence-corrected chi connectivity index (χ0v) is 14.4. The molecule has 4 heteroatoms. The number of aryl methyl sites for hydroxylation is 1. The molecule has 0 amide bonds. The van der Waals surface area contributed by atoms with E-state index in [1.807, 2.05) is 44.2 Å². The van der Waals surface area contributed by atoms with Crippen LogP contribution in [-0.2, 0) is 0 Å². The van der Waals surface area contributed by atoms with Crippen molar-refractivity contribution in [3.05, 3.63) is 62.6 Å². The summed E-state index contributed by atoms with van der Waals surface area (Å²) in [5, 5.41) is 0.400. The maximum absolute atomic E-state index is 6.62. The van der Waals surface area contributed by atoms with Crippen LogP contribution < -0.4 is 4.74 Å². The van der Waals surface area contributed by atoms with Gasteiger partial charge in [-0.2, -0.15) is 0 Å². The quantitative estimate of drug-likeness (QED) is 0.585. The van der Waals surface area contributed by atoms with Crippen molar-refractivity contribution in [1.82, 2.24) is 0 Å². The fourth-order valence-corrected chi connectivity index (χ4v) is 2.82. The first-order chi connectivity index (χ1) is 9.52. The second-order valence-corrected chi connectivity index (χ2v) is 6.21. The minimum atomic E-state index is -0.273. The summed E-state index contributed by atoms with van der Waals surface area (Å²) in [4.78, 5) is 0. The Morgan fingerprint density at radius 1 is 1.20 bits per heavy atom. The standard InChI is InChI=1S/C16H15BrCl2O/c1-3-20-15-7-4-10(2)8-12(15)16(19)11-5-6-14(18)13(17)9-11/h4-9,16H,3H2,1-2H3. The van der Waals surface area contributed by atoms with Crippen molar-refractivity contribution >= 4 is 39.1 Å². The summed E-state index contributed by atoms with van der Waals surface area (Å²) in [6.07, 6.45) is 0. The molecule has 0 fully saturated rings. The van der Waals surface area contributed by atoms with Gasteiger partial charge in [-0.1, -0.05) is 35.4 Å². The summed E-state index contributed by atoms with van der Waals surface area (Å²) >= 11 is 16.1. The van der Waals surface area contributed by atoms with E-state index in [0.717, 1.165) is 26.9 Å². The molecule has 0 heterocycles. The number of halogens is 3. The molecule has 0 bridgehead atoms. The SMILES string of the molecule is CCOc1ccc(C)cc1C(Cl)c1ccc(Cl)c(Br)c1. The highest BCUT2D eigenvalue weighted by Crippen LogP contribution is 2.37. The van der Waals surface area contributed by atoms with Crippen LogP contribution in [0.4, 0.5) is 0 Å². The van der Waals surface area contributed by atoms with Crippen LogP contribution in [0.1, 0.15) is 29.0 Å². The van der Waals surface area contributed by atoms with Gasteiger partial charge in [-0.25, -0.2) is 0 Å². The molecule has 1 atom stereocenters. The molecule has 0 aromatic heterocycles. The van der Waals surface area contributed by atoms with E-state index in [1.165, 1.54) is 0 Å². The van der Waals surface area contributed by atoms with Crippen LogP contribution in [0, 0.1) is 6.92 Å². The van der Waals surface area contributed by atoms with E-state index < -0.39 is 0 Å². The summed E-state index contributed by atoms with van der Waals surface area (Å²) in [5.74, 6) is 0.823. The van der Waals surface area contributed by atoms with Crippen molar-refractivity contribution in [3.8, 4) is 5.75 Å². The van der Waals surface area contributed by atoms with Crippen LogP contribution in [0.15, 0.2) is 40.9 Å². The lowest BCUT2D eigenvalue weighted by atomic mass is 10.0. The van der Waals surface area contributed by atoms with E-state index in [1.54, 1.807) is 0 Å². The fraction of sp³-hybridized carbons (Fsp3) is 0.250. The maximum atomic E-state index is 6.62. The molecule has 2 aromatic carbocycles. The van der Waals surface area contributed by atoms with Gasteiger partial charge in [0.1, 0.15) is 5.75 Å². The van der Waals surface area contributed by atoms with E-state index in [4.69, 9.17) is 27.9 Å². The highest BCUT2D eigenvalue weighted by molar-refractivity contribution is 9.10. The van der Waals surface area contributed by atoms with E-state index >= 15 is 0 Å². The normalized spacial score (nSPS) is 12.2. The van der Waals surface area contributed by atoms with Gasteiger partial charge in [0.2, 0.25) is 0 Å². The van der Waals surface area contributed by atoms with Gasteiger partial charge in [-0.15, -0.1) is 11.6 Å².